The maximum atomic E-state index is 10.7. The van der Waals surface area contributed by atoms with Crippen LogP contribution >= 0.6 is 0 Å². The smallest absolute Gasteiger partial charge is 0.304 e. The lowest BCUT2D eigenvalue weighted by Crippen LogP contribution is -2.17. The molecule has 7 heteroatoms. The number of benzene rings is 3. The molecule has 0 aliphatic rings. The molecular formula is C28H29N3O4. The predicted molar refractivity (Wildman–Crippen MR) is 135 cm³/mol. The third kappa shape index (κ3) is 5.94. The van der Waals surface area contributed by atoms with Crippen LogP contribution in [0.15, 0.2) is 71.3 Å². The van der Waals surface area contributed by atoms with Crippen molar-refractivity contribution in [1.29, 1.82) is 0 Å². The number of carbonyl (C=O) groups is 1. The van der Waals surface area contributed by atoms with Gasteiger partial charge in [-0.3, -0.25) is 4.79 Å². The summed E-state index contributed by atoms with van der Waals surface area (Å²) < 4.78 is 11.6. The number of nitrogens with one attached hydrogen (secondary N) is 1. The second-order valence-electron chi connectivity index (χ2n) is 8.10. The summed E-state index contributed by atoms with van der Waals surface area (Å²) in [6.07, 6.45) is 1.02. The zero-order chi connectivity index (χ0) is 24.6. The van der Waals surface area contributed by atoms with E-state index in [1.54, 1.807) is 0 Å². The average molecular weight is 472 g/mol. The van der Waals surface area contributed by atoms with Gasteiger partial charge in [-0.05, 0) is 54.3 Å². The minimum absolute atomic E-state index is 0.0838. The molecule has 0 amide bonds. The second kappa shape index (κ2) is 11.4. The van der Waals surface area contributed by atoms with Crippen LogP contribution in [0, 0.1) is 0 Å². The van der Waals surface area contributed by atoms with Gasteiger partial charge in [-0.15, -0.1) is 0 Å². The molecule has 4 aromatic rings. The van der Waals surface area contributed by atoms with Gasteiger partial charge < -0.3 is 19.7 Å². The summed E-state index contributed by atoms with van der Waals surface area (Å²) in [5.74, 6) is 0.868. The van der Waals surface area contributed by atoms with Gasteiger partial charge in [0, 0.05) is 29.8 Å². The lowest BCUT2D eigenvalue weighted by molar-refractivity contribution is -0.136. The number of rotatable bonds is 11. The van der Waals surface area contributed by atoms with E-state index in [0.29, 0.717) is 31.4 Å². The number of aliphatic carboxylic acids is 1. The molecule has 2 N–H and O–H groups in total. The zero-order valence-corrected chi connectivity index (χ0v) is 20.0. The Bertz CT molecular complexity index is 1300. The molecule has 0 saturated carbocycles. The topological polar surface area (TPSA) is 97.5 Å². The van der Waals surface area contributed by atoms with Crippen molar-refractivity contribution in [2.75, 3.05) is 13.2 Å². The summed E-state index contributed by atoms with van der Waals surface area (Å²) in [4.78, 5) is 15.3. The zero-order valence-electron chi connectivity index (χ0n) is 20.0. The van der Waals surface area contributed by atoms with Gasteiger partial charge in [0.2, 0.25) is 5.82 Å². The minimum atomic E-state index is -0.819. The Morgan fingerprint density at radius 3 is 2.66 bits per heavy atom. The summed E-state index contributed by atoms with van der Waals surface area (Å²) in [7, 11) is 0. The van der Waals surface area contributed by atoms with Crippen molar-refractivity contribution >= 4 is 5.97 Å². The Balaban J connectivity index is 1.57. The van der Waals surface area contributed by atoms with E-state index in [4.69, 9.17) is 14.4 Å². The molecule has 0 fully saturated rings. The fourth-order valence-electron chi connectivity index (χ4n) is 3.95. The molecule has 0 atom stereocenters. The highest BCUT2D eigenvalue weighted by Gasteiger charge is 2.16. The standard InChI is InChI=1S/C28H29N3O4/c1-3-20-9-5-6-11-23(20)24-13-12-22(17-25(24)34-4-2)28-30-27(31-35-28)21-10-7-8-19(16-21)18-29-15-14-26(32)33/h5-13,16-17,29H,3-4,14-15,18H2,1-2H3,(H,32,33). The molecule has 1 heterocycles. The van der Waals surface area contributed by atoms with Crippen molar-refractivity contribution in [3.8, 4) is 39.7 Å². The van der Waals surface area contributed by atoms with E-state index in [1.165, 1.54) is 5.56 Å². The number of aromatic nitrogens is 2. The minimum Gasteiger partial charge on any atom is -0.493 e. The molecule has 1 aromatic heterocycles. The number of nitrogens with zero attached hydrogens (tertiary/aromatic N) is 2. The number of carboxylic acid groups (broad SMARTS) is 1. The second-order valence-corrected chi connectivity index (χ2v) is 8.10. The number of carboxylic acids is 1. The van der Waals surface area contributed by atoms with Crippen LogP contribution < -0.4 is 10.1 Å². The Labute approximate surface area is 204 Å². The van der Waals surface area contributed by atoms with Crippen LogP contribution in [-0.4, -0.2) is 34.4 Å². The molecule has 7 nitrogen and oxygen atoms in total. The molecule has 0 saturated heterocycles. The highest BCUT2D eigenvalue weighted by atomic mass is 16.5. The largest absolute Gasteiger partial charge is 0.493 e. The van der Waals surface area contributed by atoms with Crippen molar-refractivity contribution < 1.29 is 19.2 Å². The summed E-state index contributed by atoms with van der Waals surface area (Å²) in [6.45, 7) is 5.63. The Hall–Kier alpha value is -3.97. The van der Waals surface area contributed by atoms with E-state index in [2.05, 4.69) is 40.6 Å². The van der Waals surface area contributed by atoms with Crippen molar-refractivity contribution in [3.63, 3.8) is 0 Å². The Kier molecular flexibility index (Phi) is 7.90. The van der Waals surface area contributed by atoms with Crippen LogP contribution in [0.4, 0.5) is 0 Å². The van der Waals surface area contributed by atoms with Gasteiger partial charge >= 0.3 is 5.97 Å². The summed E-state index contributed by atoms with van der Waals surface area (Å²) in [5, 5.41) is 16.1. The van der Waals surface area contributed by atoms with E-state index < -0.39 is 5.97 Å². The molecule has 0 bridgehead atoms. The van der Waals surface area contributed by atoms with Crippen LogP contribution in [0.25, 0.3) is 34.0 Å². The molecule has 0 spiro atoms. The predicted octanol–water partition coefficient (Wildman–Crippen LogP) is 5.60. The fourth-order valence-corrected chi connectivity index (χ4v) is 3.95. The lowest BCUT2D eigenvalue weighted by atomic mass is 9.96. The van der Waals surface area contributed by atoms with E-state index in [1.807, 2.05) is 55.5 Å². The van der Waals surface area contributed by atoms with Gasteiger partial charge in [-0.25, -0.2) is 0 Å². The molecule has 0 aliphatic heterocycles. The quantitative estimate of drug-likeness (QED) is 0.275. The molecule has 0 aliphatic carbocycles. The first kappa shape index (κ1) is 24.2. The maximum absolute atomic E-state index is 10.7. The molecule has 3 aromatic carbocycles. The van der Waals surface area contributed by atoms with E-state index in [-0.39, 0.29) is 6.42 Å². The van der Waals surface area contributed by atoms with Crippen LogP contribution in [0.3, 0.4) is 0 Å². The highest BCUT2D eigenvalue weighted by Crippen LogP contribution is 2.36. The van der Waals surface area contributed by atoms with Gasteiger partial charge in [-0.2, -0.15) is 4.98 Å². The van der Waals surface area contributed by atoms with Gasteiger partial charge in [0.15, 0.2) is 0 Å². The van der Waals surface area contributed by atoms with Gasteiger partial charge in [0.05, 0.1) is 13.0 Å². The first-order chi connectivity index (χ1) is 17.1. The van der Waals surface area contributed by atoms with Crippen LogP contribution in [0.1, 0.15) is 31.4 Å². The van der Waals surface area contributed by atoms with Crippen LogP contribution in [0.2, 0.25) is 0 Å². The summed E-state index contributed by atoms with van der Waals surface area (Å²) in [6, 6.07) is 22.1. The number of hydrogen-bond donors (Lipinski definition) is 2. The van der Waals surface area contributed by atoms with Crippen molar-refractivity contribution in [1.82, 2.24) is 15.5 Å². The fraction of sp³-hybridized carbons (Fsp3) is 0.250. The van der Waals surface area contributed by atoms with Gasteiger partial charge in [0.25, 0.3) is 5.89 Å². The Morgan fingerprint density at radius 1 is 1.00 bits per heavy atom. The molecular weight excluding hydrogens is 442 g/mol. The number of aryl methyl sites for hydroxylation is 1. The third-order valence-electron chi connectivity index (χ3n) is 5.67. The van der Waals surface area contributed by atoms with Crippen molar-refractivity contribution in [3.05, 3.63) is 77.9 Å². The van der Waals surface area contributed by atoms with E-state index in [9.17, 15) is 4.79 Å². The van der Waals surface area contributed by atoms with Crippen LogP contribution in [0.5, 0.6) is 5.75 Å². The lowest BCUT2D eigenvalue weighted by Gasteiger charge is -2.14. The van der Waals surface area contributed by atoms with E-state index >= 15 is 0 Å². The van der Waals surface area contributed by atoms with Crippen molar-refractivity contribution in [2.24, 2.45) is 0 Å². The highest BCUT2D eigenvalue weighted by molar-refractivity contribution is 5.77. The third-order valence-corrected chi connectivity index (χ3v) is 5.67. The molecule has 35 heavy (non-hydrogen) atoms. The molecule has 0 radical (unpaired) electrons. The maximum Gasteiger partial charge on any atom is 0.304 e. The van der Waals surface area contributed by atoms with E-state index in [0.717, 1.165) is 40.0 Å². The Morgan fingerprint density at radius 2 is 1.86 bits per heavy atom. The summed E-state index contributed by atoms with van der Waals surface area (Å²) >= 11 is 0. The average Bonchev–Trinajstić information content (AvgIpc) is 3.37. The first-order valence-corrected chi connectivity index (χ1v) is 11.8. The van der Waals surface area contributed by atoms with Crippen molar-refractivity contribution in [2.45, 2.75) is 33.2 Å². The van der Waals surface area contributed by atoms with Gasteiger partial charge in [-0.1, -0.05) is 54.5 Å². The molecule has 0 unspecified atom stereocenters. The SMILES string of the molecule is CCOc1cc(-c2nc(-c3cccc(CNCCC(=O)O)c3)no2)ccc1-c1ccccc1CC. The van der Waals surface area contributed by atoms with Crippen LogP contribution in [-0.2, 0) is 17.8 Å². The number of hydrogen-bond acceptors (Lipinski definition) is 6. The van der Waals surface area contributed by atoms with Gasteiger partial charge in [0.1, 0.15) is 5.75 Å². The summed E-state index contributed by atoms with van der Waals surface area (Å²) in [5.41, 5.74) is 6.09. The number of ether oxygens (including phenoxy) is 1. The normalized spacial score (nSPS) is 10.9. The molecule has 4 rings (SSSR count). The first-order valence-electron chi connectivity index (χ1n) is 11.8. The molecule has 180 valence electrons. The monoisotopic (exact) mass is 471 g/mol.